The highest BCUT2D eigenvalue weighted by molar-refractivity contribution is 6.62. The van der Waals surface area contributed by atoms with Crippen LogP contribution in [0.1, 0.15) is 71.3 Å². The monoisotopic (exact) mass is 413 g/mol. The Hall–Kier alpha value is -2.12. The number of hydrogen-bond donors (Lipinski definition) is 0. The van der Waals surface area contributed by atoms with Gasteiger partial charge in [0.1, 0.15) is 12.1 Å². The number of aryl methyl sites for hydroxylation is 1. The van der Waals surface area contributed by atoms with Crippen molar-refractivity contribution in [2.75, 3.05) is 0 Å². The van der Waals surface area contributed by atoms with Crippen LogP contribution < -0.4 is 5.46 Å². The molecule has 30 heavy (non-hydrogen) atoms. The topological polar surface area (TPSA) is 66.8 Å². The Morgan fingerprint density at radius 1 is 1.10 bits per heavy atom. The third-order valence-electron chi connectivity index (χ3n) is 5.81. The number of Topliss-reactive ketones (excluding diaryl/α,β-unsaturated/α-hetero) is 1. The Kier molecular flexibility index (Phi) is 5.45. The molecule has 0 bridgehead atoms. The first-order chi connectivity index (χ1) is 13.6. The van der Waals surface area contributed by atoms with Gasteiger partial charge in [0.15, 0.2) is 5.78 Å². The van der Waals surface area contributed by atoms with Gasteiger partial charge in [-0.1, -0.05) is 12.1 Å². The van der Waals surface area contributed by atoms with Crippen molar-refractivity contribution >= 4 is 35.2 Å². The number of nitrogens with zero attached hydrogens (tertiary/aromatic N) is 1. The van der Waals surface area contributed by atoms with Crippen LogP contribution in [0.25, 0.3) is 10.9 Å². The van der Waals surface area contributed by atoms with Crippen molar-refractivity contribution in [3.8, 4) is 0 Å². The highest BCUT2D eigenvalue weighted by Gasteiger charge is 2.51. The minimum atomic E-state index is -0.567. The molecule has 0 spiro atoms. The van der Waals surface area contributed by atoms with E-state index in [1.807, 2.05) is 67.5 Å². The van der Waals surface area contributed by atoms with Crippen LogP contribution in [0.2, 0.25) is 0 Å². The fourth-order valence-corrected chi connectivity index (χ4v) is 3.72. The second-order valence-electron chi connectivity index (χ2n) is 10.1. The van der Waals surface area contributed by atoms with Gasteiger partial charge in [-0.15, -0.1) is 0 Å². The standard InChI is InChI=1S/C23H32BNO5/c1-14-10-16(24-29-22(6,7)23(8,9)30-24)11-17-18(15(2)26)12-25(20(14)17)13-19(27)28-21(3,4)5/h10-12H,13H2,1-9H3. The summed E-state index contributed by atoms with van der Waals surface area (Å²) in [5.41, 5.74) is 1.73. The number of carbonyl (C=O) groups is 2. The minimum Gasteiger partial charge on any atom is -0.459 e. The molecule has 2 aromatic rings. The SMILES string of the molecule is CC(=O)c1cn(CC(=O)OC(C)(C)C)c2c(C)cc(B3OC(C)(C)C(C)(C)O3)cc12. The lowest BCUT2D eigenvalue weighted by Crippen LogP contribution is -2.41. The van der Waals surface area contributed by atoms with Crippen molar-refractivity contribution in [1.29, 1.82) is 0 Å². The average Bonchev–Trinajstić information content (AvgIpc) is 3.00. The molecule has 1 fully saturated rings. The highest BCUT2D eigenvalue weighted by Crippen LogP contribution is 2.37. The Morgan fingerprint density at radius 2 is 1.67 bits per heavy atom. The van der Waals surface area contributed by atoms with Crippen molar-refractivity contribution in [3.05, 3.63) is 29.5 Å². The van der Waals surface area contributed by atoms with E-state index in [4.69, 9.17) is 14.0 Å². The number of ether oxygens (including phenoxy) is 1. The normalized spacial score (nSPS) is 18.1. The lowest BCUT2D eigenvalue weighted by Gasteiger charge is -2.32. The van der Waals surface area contributed by atoms with Crippen LogP contribution in [0, 0.1) is 6.92 Å². The first-order valence-electron chi connectivity index (χ1n) is 10.3. The quantitative estimate of drug-likeness (QED) is 0.434. The largest absolute Gasteiger partial charge is 0.494 e. The van der Waals surface area contributed by atoms with E-state index in [0.717, 1.165) is 21.9 Å². The van der Waals surface area contributed by atoms with E-state index in [0.29, 0.717) is 5.56 Å². The van der Waals surface area contributed by atoms with Gasteiger partial charge >= 0.3 is 13.1 Å². The lowest BCUT2D eigenvalue weighted by atomic mass is 9.77. The summed E-state index contributed by atoms with van der Waals surface area (Å²) in [5.74, 6) is -0.405. The first-order valence-corrected chi connectivity index (χ1v) is 10.3. The van der Waals surface area contributed by atoms with Gasteiger partial charge in [0.05, 0.1) is 16.7 Å². The summed E-state index contributed by atoms with van der Waals surface area (Å²) in [5, 5.41) is 0.788. The molecule has 0 aliphatic carbocycles. The first kappa shape index (κ1) is 22.6. The fourth-order valence-electron chi connectivity index (χ4n) is 3.72. The Morgan fingerprint density at radius 3 is 2.17 bits per heavy atom. The summed E-state index contributed by atoms with van der Waals surface area (Å²) in [7, 11) is -0.521. The number of rotatable bonds is 4. The summed E-state index contributed by atoms with van der Waals surface area (Å²) in [4.78, 5) is 24.8. The van der Waals surface area contributed by atoms with Gasteiger partial charge in [0.25, 0.3) is 0 Å². The highest BCUT2D eigenvalue weighted by atomic mass is 16.7. The van der Waals surface area contributed by atoms with E-state index in [-0.39, 0.29) is 18.3 Å². The summed E-state index contributed by atoms with van der Waals surface area (Å²) in [6.45, 7) is 17.1. The zero-order valence-electron chi connectivity index (χ0n) is 19.5. The predicted octanol–water partition coefficient (Wildman–Crippen LogP) is 3.79. The Balaban J connectivity index is 2.05. The predicted molar refractivity (Wildman–Crippen MR) is 118 cm³/mol. The van der Waals surface area contributed by atoms with Crippen molar-refractivity contribution in [2.24, 2.45) is 0 Å². The Labute approximate surface area is 179 Å². The molecule has 1 aromatic carbocycles. The van der Waals surface area contributed by atoms with Crippen LogP contribution in [0.3, 0.4) is 0 Å². The van der Waals surface area contributed by atoms with Gasteiger partial charge in [-0.05, 0) is 73.3 Å². The Bertz CT molecular complexity index is 997. The van der Waals surface area contributed by atoms with Crippen LogP contribution in [0.15, 0.2) is 18.3 Å². The molecule has 0 atom stereocenters. The fraction of sp³-hybridized carbons (Fsp3) is 0.565. The molecule has 1 aliphatic heterocycles. The number of ketones is 1. The zero-order valence-corrected chi connectivity index (χ0v) is 19.5. The molecule has 7 heteroatoms. The summed E-state index contributed by atoms with van der Waals surface area (Å²) >= 11 is 0. The van der Waals surface area contributed by atoms with Crippen molar-refractivity contribution < 1.29 is 23.6 Å². The molecule has 3 rings (SSSR count). The second kappa shape index (κ2) is 7.24. The summed E-state index contributed by atoms with van der Waals surface area (Å²) in [6, 6.07) is 3.94. The smallest absolute Gasteiger partial charge is 0.459 e. The van der Waals surface area contributed by atoms with Crippen LogP contribution in [0.5, 0.6) is 0 Å². The zero-order chi connectivity index (χ0) is 22.6. The molecular formula is C23H32BNO5. The van der Waals surface area contributed by atoms with Crippen LogP contribution in [0.4, 0.5) is 0 Å². The van der Waals surface area contributed by atoms with E-state index >= 15 is 0 Å². The van der Waals surface area contributed by atoms with Crippen LogP contribution in [-0.2, 0) is 25.4 Å². The van der Waals surface area contributed by atoms with Gasteiger partial charge in [0.2, 0.25) is 0 Å². The molecule has 6 nitrogen and oxygen atoms in total. The molecule has 2 heterocycles. The van der Waals surface area contributed by atoms with E-state index < -0.39 is 23.9 Å². The average molecular weight is 413 g/mol. The van der Waals surface area contributed by atoms with Gasteiger partial charge < -0.3 is 18.6 Å². The molecule has 0 N–H and O–H groups in total. The maximum atomic E-state index is 12.4. The molecule has 1 aliphatic rings. The number of hydrogen-bond acceptors (Lipinski definition) is 5. The van der Waals surface area contributed by atoms with Crippen molar-refractivity contribution in [1.82, 2.24) is 4.57 Å². The summed E-state index contributed by atoms with van der Waals surface area (Å²) in [6.07, 6.45) is 1.73. The van der Waals surface area contributed by atoms with E-state index in [1.54, 1.807) is 10.8 Å². The van der Waals surface area contributed by atoms with Crippen LogP contribution >= 0.6 is 0 Å². The van der Waals surface area contributed by atoms with Crippen molar-refractivity contribution in [3.63, 3.8) is 0 Å². The van der Waals surface area contributed by atoms with Crippen molar-refractivity contribution in [2.45, 2.75) is 85.7 Å². The maximum Gasteiger partial charge on any atom is 0.494 e. The number of benzene rings is 1. The molecule has 1 saturated heterocycles. The lowest BCUT2D eigenvalue weighted by molar-refractivity contribution is -0.155. The molecular weight excluding hydrogens is 381 g/mol. The van der Waals surface area contributed by atoms with Gasteiger partial charge in [-0.25, -0.2) is 0 Å². The van der Waals surface area contributed by atoms with E-state index in [2.05, 4.69) is 0 Å². The molecule has 0 amide bonds. The molecule has 0 saturated carbocycles. The number of fused-ring (bicyclic) bond motifs is 1. The number of aromatic nitrogens is 1. The number of carbonyl (C=O) groups excluding carboxylic acids is 2. The van der Waals surface area contributed by atoms with E-state index in [9.17, 15) is 9.59 Å². The molecule has 162 valence electrons. The third kappa shape index (κ3) is 4.19. The van der Waals surface area contributed by atoms with Gasteiger partial charge in [-0.2, -0.15) is 0 Å². The number of esters is 1. The van der Waals surface area contributed by atoms with Crippen LogP contribution in [-0.4, -0.2) is 40.2 Å². The molecule has 0 radical (unpaired) electrons. The third-order valence-corrected chi connectivity index (χ3v) is 5.81. The maximum absolute atomic E-state index is 12.4. The summed E-state index contributed by atoms with van der Waals surface area (Å²) < 4.78 is 19.6. The molecule has 0 unspecified atom stereocenters. The van der Waals surface area contributed by atoms with Gasteiger partial charge in [0, 0.05) is 17.1 Å². The minimum absolute atomic E-state index is 0.0394. The molecule has 1 aromatic heterocycles. The second-order valence-corrected chi connectivity index (χ2v) is 10.1. The van der Waals surface area contributed by atoms with Gasteiger partial charge in [-0.3, -0.25) is 9.59 Å². The van der Waals surface area contributed by atoms with E-state index in [1.165, 1.54) is 6.92 Å².